The van der Waals surface area contributed by atoms with Gasteiger partial charge >= 0.3 is 0 Å². The Morgan fingerprint density at radius 1 is 1.23 bits per heavy atom. The third-order valence-electron chi connectivity index (χ3n) is 5.18. The van der Waals surface area contributed by atoms with Gasteiger partial charge in [0.05, 0.1) is 22.4 Å². The van der Waals surface area contributed by atoms with Gasteiger partial charge in [-0.2, -0.15) is 0 Å². The summed E-state index contributed by atoms with van der Waals surface area (Å²) in [6.45, 7) is 2.01. The number of hydrogen-bond acceptors (Lipinski definition) is 4. The molecule has 4 rings (SSSR count). The molecule has 0 N–H and O–H groups in total. The van der Waals surface area contributed by atoms with Crippen LogP contribution in [0.1, 0.15) is 13.3 Å². The number of nitrogens with zero attached hydrogens (tertiary/aromatic N) is 2. The van der Waals surface area contributed by atoms with Gasteiger partial charge in [-0.05, 0) is 31.2 Å². The maximum Gasteiger partial charge on any atom is 0.271 e. The maximum atomic E-state index is 12.7. The van der Waals surface area contributed by atoms with Gasteiger partial charge in [0.2, 0.25) is 11.8 Å². The third-order valence-corrected chi connectivity index (χ3v) is 5.18. The number of benzene rings is 1. The molecule has 6 heteroatoms. The molecule has 1 heterocycles. The van der Waals surface area contributed by atoms with Crippen LogP contribution in [0.3, 0.4) is 0 Å². The molecule has 2 bridgehead atoms. The summed E-state index contributed by atoms with van der Waals surface area (Å²) in [5.41, 5.74) is 1.37. The molecule has 1 saturated heterocycles. The molecule has 1 aliphatic heterocycles. The Balaban J connectivity index is 1.74. The van der Waals surface area contributed by atoms with Crippen LogP contribution >= 0.6 is 0 Å². The first-order valence-electron chi connectivity index (χ1n) is 7.29. The minimum absolute atomic E-state index is 0.118. The van der Waals surface area contributed by atoms with Gasteiger partial charge in [-0.3, -0.25) is 19.7 Å². The van der Waals surface area contributed by atoms with Crippen molar-refractivity contribution in [3.8, 4) is 0 Å². The van der Waals surface area contributed by atoms with Gasteiger partial charge < -0.3 is 0 Å². The van der Waals surface area contributed by atoms with Gasteiger partial charge in [0, 0.05) is 12.1 Å². The Morgan fingerprint density at radius 2 is 1.95 bits per heavy atom. The molecule has 3 aliphatic rings. The predicted octanol–water partition coefficient (Wildman–Crippen LogP) is 2.30. The van der Waals surface area contributed by atoms with Crippen molar-refractivity contribution in [1.82, 2.24) is 0 Å². The lowest BCUT2D eigenvalue weighted by atomic mass is 9.82. The van der Waals surface area contributed by atoms with Crippen LogP contribution < -0.4 is 4.90 Å². The number of carbonyl (C=O) groups is 2. The van der Waals surface area contributed by atoms with E-state index in [4.69, 9.17) is 0 Å². The van der Waals surface area contributed by atoms with Gasteiger partial charge in [0.25, 0.3) is 5.69 Å². The van der Waals surface area contributed by atoms with Gasteiger partial charge in [-0.25, -0.2) is 4.90 Å². The molecule has 4 atom stereocenters. The van der Waals surface area contributed by atoms with Crippen molar-refractivity contribution in [3.63, 3.8) is 0 Å². The smallest absolute Gasteiger partial charge is 0.271 e. The first-order chi connectivity index (χ1) is 10.5. The molecule has 1 aromatic carbocycles. The quantitative estimate of drug-likeness (QED) is 0.363. The molecule has 6 nitrogen and oxygen atoms in total. The van der Waals surface area contributed by atoms with E-state index in [1.807, 2.05) is 6.92 Å². The highest BCUT2D eigenvalue weighted by Gasteiger charge is 2.60. The molecule has 2 aliphatic carbocycles. The topological polar surface area (TPSA) is 80.5 Å². The summed E-state index contributed by atoms with van der Waals surface area (Å²) in [6, 6.07) is 5.72. The fourth-order valence-electron chi connectivity index (χ4n) is 4.27. The third kappa shape index (κ3) is 1.55. The number of rotatable bonds is 2. The lowest BCUT2D eigenvalue weighted by Crippen LogP contribution is -2.32. The molecule has 2 fully saturated rings. The largest absolute Gasteiger partial charge is 0.274 e. The Kier molecular flexibility index (Phi) is 2.55. The number of allylic oxidation sites excluding steroid dienone is 2. The lowest BCUT2D eigenvalue weighted by Gasteiger charge is -2.19. The van der Waals surface area contributed by atoms with Crippen LogP contribution in [0.25, 0.3) is 0 Å². The van der Waals surface area contributed by atoms with Gasteiger partial charge in [0.15, 0.2) is 0 Å². The van der Waals surface area contributed by atoms with Gasteiger partial charge in [-0.15, -0.1) is 0 Å². The summed E-state index contributed by atoms with van der Waals surface area (Å²) < 4.78 is 0. The molecule has 0 aromatic heterocycles. The summed E-state index contributed by atoms with van der Waals surface area (Å²) in [7, 11) is 0. The normalized spacial score (nSPS) is 32.4. The zero-order chi connectivity index (χ0) is 15.6. The van der Waals surface area contributed by atoms with E-state index in [0.29, 0.717) is 5.69 Å². The molecular weight excluding hydrogens is 284 g/mol. The Labute approximate surface area is 126 Å². The molecule has 1 aromatic rings. The molecule has 4 unspecified atom stereocenters. The van der Waals surface area contributed by atoms with E-state index in [1.54, 1.807) is 6.07 Å². The number of carbonyl (C=O) groups excluding carboxylic acids is 2. The van der Waals surface area contributed by atoms with Gasteiger partial charge in [0.1, 0.15) is 0 Å². The molecule has 112 valence electrons. The molecule has 0 spiro atoms. The second-order valence-electron chi connectivity index (χ2n) is 6.26. The van der Waals surface area contributed by atoms with Crippen molar-refractivity contribution in [2.75, 3.05) is 4.90 Å². The van der Waals surface area contributed by atoms with E-state index in [-0.39, 0.29) is 41.2 Å². The van der Waals surface area contributed by atoms with Crippen LogP contribution in [0.4, 0.5) is 11.4 Å². The number of anilines is 1. The molecule has 2 amide bonds. The molecule has 0 radical (unpaired) electrons. The van der Waals surface area contributed by atoms with Crippen LogP contribution in [-0.2, 0) is 9.59 Å². The monoisotopic (exact) mass is 298 g/mol. The first-order valence-corrected chi connectivity index (χ1v) is 7.29. The van der Waals surface area contributed by atoms with Crippen LogP contribution in [0.15, 0.2) is 35.9 Å². The standard InChI is InChI=1S/C16H14N2O4/c1-8-5-9-6-12(8)14-13(9)15(19)17(16(14)20)10-3-2-4-11(7-10)18(21)22/h2-5,7,9,12-14H,6H2,1H3. The summed E-state index contributed by atoms with van der Waals surface area (Å²) in [5.74, 6) is -0.727. The lowest BCUT2D eigenvalue weighted by molar-refractivity contribution is -0.384. The highest BCUT2D eigenvalue weighted by molar-refractivity contribution is 6.23. The van der Waals surface area contributed by atoms with E-state index in [9.17, 15) is 19.7 Å². The summed E-state index contributed by atoms with van der Waals surface area (Å²) in [5, 5.41) is 10.9. The SMILES string of the molecule is CC1=CC2CC1C1C(=O)N(c3cccc([N+](=O)[O-])c3)C(=O)C21. The van der Waals surface area contributed by atoms with Crippen molar-refractivity contribution in [1.29, 1.82) is 0 Å². The van der Waals surface area contributed by atoms with E-state index < -0.39 is 4.92 Å². The minimum Gasteiger partial charge on any atom is -0.274 e. The van der Waals surface area contributed by atoms with Crippen LogP contribution in [-0.4, -0.2) is 16.7 Å². The highest BCUT2D eigenvalue weighted by Crippen LogP contribution is 2.55. The van der Waals surface area contributed by atoms with E-state index in [1.165, 1.54) is 23.8 Å². The predicted molar refractivity (Wildman–Crippen MR) is 77.9 cm³/mol. The van der Waals surface area contributed by atoms with Crippen molar-refractivity contribution in [3.05, 3.63) is 46.0 Å². The number of hydrogen-bond donors (Lipinski definition) is 0. The van der Waals surface area contributed by atoms with Crippen molar-refractivity contribution < 1.29 is 14.5 Å². The fourth-order valence-corrected chi connectivity index (χ4v) is 4.27. The van der Waals surface area contributed by atoms with Crippen LogP contribution in [0.2, 0.25) is 0 Å². The number of imide groups is 1. The van der Waals surface area contributed by atoms with Gasteiger partial charge in [-0.1, -0.05) is 17.7 Å². The Morgan fingerprint density at radius 3 is 2.68 bits per heavy atom. The summed E-state index contributed by atoms with van der Waals surface area (Å²) in [4.78, 5) is 36.9. The van der Waals surface area contributed by atoms with Crippen molar-refractivity contribution in [2.24, 2.45) is 23.7 Å². The average molecular weight is 298 g/mol. The van der Waals surface area contributed by atoms with Crippen LogP contribution in [0.5, 0.6) is 0 Å². The number of amides is 2. The Bertz CT molecular complexity index is 754. The zero-order valence-corrected chi connectivity index (χ0v) is 11.9. The van der Waals surface area contributed by atoms with E-state index in [2.05, 4.69) is 6.08 Å². The first kappa shape index (κ1) is 13.2. The van der Waals surface area contributed by atoms with E-state index >= 15 is 0 Å². The maximum absolute atomic E-state index is 12.7. The number of nitro groups is 1. The highest BCUT2D eigenvalue weighted by atomic mass is 16.6. The second-order valence-corrected chi connectivity index (χ2v) is 6.26. The number of fused-ring (bicyclic) bond motifs is 5. The molecule has 1 saturated carbocycles. The second kappa shape index (κ2) is 4.25. The van der Waals surface area contributed by atoms with Crippen LogP contribution in [0, 0.1) is 33.8 Å². The number of nitro benzene ring substituents is 1. The summed E-state index contributed by atoms with van der Waals surface area (Å²) >= 11 is 0. The molecular formula is C16H14N2O4. The summed E-state index contributed by atoms with van der Waals surface area (Å²) in [6.07, 6.45) is 2.98. The van der Waals surface area contributed by atoms with Crippen molar-refractivity contribution >= 4 is 23.2 Å². The Hall–Kier alpha value is -2.50. The fraction of sp³-hybridized carbons (Fsp3) is 0.375. The minimum atomic E-state index is -0.523. The number of non-ortho nitro benzene ring substituents is 1. The zero-order valence-electron chi connectivity index (χ0n) is 11.9. The average Bonchev–Trinajstić information content (AvgIpc) is 3.10. The van der Waals surface area contributed by atoms with Crippen molar-refractivity contribution in [2.45, 2.75) is 13.3 Å². The van der Waals surface area contributed by atoms with E-state index in [0.717, 1.165) is 11.3 Å². The molecule has 22 heavy (non-hydrogen) atoms.